The van der Waals surface area contributed by atoms with Gasteiger partial charge in [-0.3, -0.25) is 0 Å². The van der Waals surface area contributed by atoms with Gasteiger partial charge in [0.05, 0.1) is 0 Å². The molecule has 1 aliphatic carbocycles. The van der Waals surface area contributed by atoms with Gasteiger partial charge in [-0.05, 0) is 88.7 Å². The molecule has 216 valence electrons. The van der Waals surface area contributed by atoms with E-state index >= 15 is 0 Å². The molecule has 8 rings (SSSR count). The zero-order valence-corrected chi connectivity index (χ0v) is 24.9. The molecule has 0 amide bonds. The smallest absolute Gasteiger partial charge is 0.248 e. The van der Waals surface area contributed by atoms with Crippen LogP contribution in [0, 0.1) is 13.8 Å². The van der Waals surface area contributed by atoms with Gasteiger partial charge in [-0.15, -0.1) is 20.4 Å². The topological polar surface area (TPSA) is 77.8 Å². The van der Waals surface area contributed by atoms with Gasteiger partial charge in [0.25, 0.3) is 0 Å². The Balaban J connectivity index is 1.06. The summed E-state index contributed by atoms with van der Waals surface area (Å²) in [7, 11) is 0. The molecule has 0 atom stereocenters. The van der Waals surface area contributed by atoms with Crippen molar-refractivity contribution in [3.05, 3.63) is 138 Å². The molecule has 0 N–H and O–H groups in total. The summed E-state index contributed by atoms with van der Waals surface area (Å²) in [5.41, 5.74) is 10.4. The van der Waals surface area contributed by atoms with Crippen LogP contribution in [0.4, 0.5) is 0 Å². The third kappa shape index (κ3) is 4.86. The van der Waals surface area contributed by atoms with Gasteiger partial charge < -0.3 is 8.83 Å². The third-order valence-electron chi connectivity index (χ3n) is 8.40. The summed E-state index contributed by atoms with van der Waals surface area (Å²) < 4.78 is 12.4. The maximum absolute atomic E-state index is 6.24. The zero-order chi connectivity index (χ0) is 30.3. The van der Waals surface area contributed by atoms with Crippen molar-refractivity contribution in [2.75, 3.05) is 0 Å². The van der Waals surface area contributed by atoms with Crippen LogP contribution < -0.4 is 0 Å². The normalized spacial score (nSPS) is 12.4. The number of fused-ring (bicyclic) bond motifs is 2. The quantitative estimate of drug-likeness (QED) is 0.200. The lowest BCUT2D eigenvalue weighted by Gasteiger charge is -2.09. The Hall–Kier alpha value is -5.88. The van der Waals surface area contributed by atoms with Crippen LogP contribution in [0.2, 0.25) is 0 Å². The molecule has 0 saturated carbocycles. The van der Waals surface area contributed by atoms with E-state index in [4.69, 9.17) is 8.83 Å². The van der Waals surface area contributed by atoms with Crippen molar-refractivity contribution in [1.29, 1.82) is 0 Å². The van der Waals surface area contributed by atoms with Gasteiger partial charge in [0.1, 0.15) is 0 Å². The van der Waals surface area contributed by atoms with Crippen LogP contribution in [0.25, 0.3) is 73.8 Å². The predicted octanol–water partition coefficient (Wildman–Crippen LogP) is 9.68. The predicted molar refractivity (Wildman–Crippen MR) is 178 cm³/mol. The summed E-state index contributed by atoms with van der Waals surface area (Å²) in [6.45, 7) is 4.14. The second-order valence-electron chi connectivity index (χ2n) is 11.3. The molecule has 1 aliphatic rings. The first kappa shape index (κ1) is 26.7. The molecule has 0 bridgehead atoms. The largest absolute Gasteiger partial charge is 0.416 e. The SMILES string of the molecule is Cc1cc(-c2ccc(-c3nnc(-c4cccc5ccccc45)o3)c(C)c2)ccc1-c1nnc(-c2cccc3c2CC=CC=C3)o1. The summed E-state index contributed by atoms with van der Waals surface area (Å²) in [5, 5.41) is 19.9. The van der Waals surface area contributed by atoms with Crippen LogP contribution in [0.3, 0.4) is 0 Å². The minimum atomic E-state index is 0.503. The van der Waals surface area contributed by atoms with Crippen LogP contribution in [-0.2, 0) is 6.42 Å². The summed E-state index contributed by atoms with van der Waals surface area (Å²) in [6.07, 6.45) is 9.20. The van der Waals surface area contributed by atoms with Gasteiger partial charge in [0.2, 0.25) is 23.6 Å². The molecule has 0 spiro atoms. The van der Waals surface area contributed by atoms with E-state index in [2.05, 4.69) is 113 Å². The van der Waals surface area contributed by atoms with Crippen molar-refractivity contribution in [3.8, 4) is 56.9 Å². The molecule has 2 aromatic heterocycles. The second-order valence-corrected chi connectivity index (χ2v) is 11.3. The first-order valence-electron chi connectivity index (χ1n) is 15.0. The molecule has 45 heavy (non-hydrogen) atoms. The van der Waals surface area contributed by atoms with Crippen LogP contribution >= 0.6 is 0 Å². The molecular weight excluding hydrogens is 556 g/mol. The Morgan fingerprint density at radius 3 is 1.80 bits per heavy atom. The average Bonchev–Trinajstić information content (AvgIpc) is 3.69. The van der Waals surface area contributed by atoms with E-state index in [0.29, 0.717) is 23.6 Å². The van der Waals surface area contributed by atoms with Gasteiger partial charge in [-0.25, -0.2) is 0 Å². The third-order valence-corrected chi connectivity index (χ3v) is 8.40. The van der Waals surface area contributed by atoms with E-state index in [1.165, 1.54) is 11.1 Å². The fourth-order valence-electron chi connectivity index (χ4n) is 6.07. The molecule has 6 nitrogen and oxygen atoms in total. The number of hydrogen-bond donors (Lipinski definition) is 0. The van der Waals surface area contributed by atoms with Crippen LogP contribution in [0.5, 0.6) is 0 Å². The molecule has 0 fully saturated rings. The van der Waals surface area contributed by atoms with Gasteiger partial charge in [0.15, 0.2) is 0 Å². The Morgan fingerprint density at radius 2 is 1.11 bits per heavy atom. The number of hydrogen-bond acceptors (Lipinski definition) is 6. The van der Waals surface area contributed by atoms with Crippen molar-refractivity contribution in [2.45, 2.75) is 20.3 Å². The fourth-order valence-corrected chi connectivity index (χ4v) is 6.07. The van der Waals surface area contributed by atoms with Crippen molar-refractivity contribution < 1.29 is 8.83 Å². The molecule has 5 aromatic carbocycles. The highest BCUT2D eigenvalue weighted by Crippen LogP contribution is 2.35. The summed E-state index contributed by atoms with van der Waals surface area (Å²) in [6, 6.07) is 33.1. The molecule has 0 aliphatic heterocycles. The number of benzene rings is 5. The maximum atomic E-state index is 6.24. The lowest BCUT2D eigenvalue weighted by molar-refractivity contribution is 0.583. The van der Waals surface area contributed by atoms with Crippen LogP contribution in [-0.4, -0.2) is 20.4 Å². The highest BCUT2D eigenvalue weighted by molar-refractivity contribution is 5.94. The first-order valence-corrected chi connectivity index (χ1v) is 15.0. The number of nitrogens with zero attached hydrogens (tertiary/aromatic N) is 4. The molecule has 6 heteroatoms. The number of aromatic nitrogens is 4. The van der Waals surface area contributed by atoms with Gasteiger partial charge in [0, 0.05) is 22.3 Å². The van der Waals surface area contributed by atoms with E-state index in [1.54, 1.807) is 0 Å². The minimum absolute atomic E-state index is 0.503. The highest BCUT2D eigenvalue weighted by atomic mass is 16.4. The van der Waals surface area contributed by atoms with Gasteiger partial charge >= 0.3 is 0 Å². The second kappa shape index (κ2) is 11.0. The lowest BCUT2D eigenvalue weighted by Crippen LogP contribution is -1.92. The van der Waals surface area contributed by atoms with Crippen molar-refractivity contribution in [3.63, 3.8) is 0 Å². The molecule has 0 saturated heterocycles. The standard InChI is InChI=1S/C39H28N4O2/c1-24-22-28(18-20-30(24)36-40-42-38(44-36)34-16-8-12-26-10-4-3-5-14-32(26)34)29-19-21-31(25(2)23-29)37-41-43-39(45-37)35-17-9-13-27-11-6-7-15-33(27)35/h3-13,15-23H,14H2,1-2H3. The van der Waals surface area contributed by atoms with E-state index < -0.39 is 0 Å². The summed E-state index contributed by atoms with van der Waals surface area (Å²) >= 11 is 0. The molecule has 7 aromatic rings. The summed E-state index contributed by atoms with van der Waals surface area (Å²) in [4.78, 5) is 0. The zero-order valence-electron chi connectivity index (χ0n) is 24.9. The number of aryl methyl sites for hydroxylation is 2. The van der Waals surface area contributed by atoms with Crippen LogP contribution in [0.15, 0.2) is 124 Å². The molecular formula is C39H28N4O2. The lowest BCUT2D eigenvalue weighted by atomic mass is 9.96. The Bertz CT molecular complexity index is 2280. The van der Waals surface area contributed by atoms with Crippen LogP contribution in [0.1, 0.15) is 22.3 Å². The van der Waals surface area contributed by atoms with E-state index in [-0.39, 0.29) is 0 Å². The van der Waals surface area contributed by atoms with Crippen molar-refractivity contribution >= 4 is 16.8 Å². The van der Waals surface area contributed by atoms with Gasteiger partial charge in [-0.1, -0.05) is 97.1 Å². The van der Waals surface area contributed by atoms with E-state index in [0.717, 1.165) is 61.7 Å². The summed E-state index contributed by atoms with van der Waals surface area (Å²) in [5.74, 6) is 2.06. The Kier molecular flexibility index (Phi) is 6.53. The van der Waals surface area contributed by atoms with Crippen molar-refractivity contribution in [2.24, 2.45) is 0 Å². The monoisotopic (exact) mass is 584 g/mol. The Labute approximate surface area is 260 Å². The van der Waals surface area contributed by atoms with Crippen molar-refractivity contribution in [1.82, 2.24) is 20.4 Å². The minimum Gasteiger partial charge on any atom is -0.416 e. The number of allylic oxidation sites excluding steroid dienone is 3. The molecule has 0 radical (unpaired) electrons. The first-order chi connectivity index (χ1) is 22.1. The van der Waals surface area contributed by atoms with E-state index in [9.17, 15) is 0 Å². The maximum Gasteiger partial charge on any atom is 0.248 e. The fraction of sp³-hybridized carbons (Fsp3) is 0.0769. The average molecular weight is 585 g/mol. The number of rotatable bonds is 5. The van der Waals surface area contributed by atoms with E-state index in [1.807, 2.05) is 42.5 Å². The molecule has 2 heterocycles. The Morgan fingerprint density at radius 1 is 0.533 bits per heavy atom. The van der Waals surface area contributed by atoms with Gasteiger partial charge in [-0.2, -0.15) is 0 Å². The molecule has 0 unspecified atom stereocenters. The highest BCUT2D eigenvalue weighted by Gasteiger charge is 2.18.